The van der Waals surface area contributed by atoms with Crippen molar-refractivity contribution >= 4 is 17.1 Å². The lowest BCUT2D eigenvalue weighted by atomic mass is 9.84. The Hall–Kier alpha value is -1.82. The van der Waals surface area contributed by atoms with Crippen molar-refractivity contribution in [3.8, 4) is 0 Å². The minimum atomic E-state index is -0.369. The fourth-order valence-corrected chi connectivity index (χ4v) is 2.72. The van der Waals surface area contributed by atoms with Crippen molar-refractivity contribution in [2.75, 3.05) is 23.4 Å². The van der Waals surface area contributed by atoms with Crippen molar-refractivity contribution in [3.63, 3.8) is 0 Å². The smallest absolute Gasteiger partial charge is 0.316 e. The second-order valence-corrected chi connectivity index (χ2v) is 5.76. The number of hydrogen-bond acceptors (Lipinski definition) is 5. The number of para-hydroxylation sites is 1. The van der Waals surface area contributed by atoms with Crippen LogP contribution in [0.2, 0.25) is 0 Å². The first-order valence-corrected chi connectivity index (χ1v) is 6.43. The molecule has 1 saturated heterocycles. The Balaban J connectivity index is 2.41. The van der Waals surface area contributed by atoms with Crippen molar-refractivity contribution in [1.29, 1.82) is 0 Å². The molecule has 0 amide bonds. The van der Waals surface area contributed by atoms with Crippen LogP contribution >= 0.6 is 0 Å². The van der Waals surface area contributed by atoms with Crippen molar-refractivity contribution in [1.82, 2.24) is 0 Å². The Kier molecular flexibility index (Phi) is 3.61. The highest BCUT2D eigenvalue weighted by Gasteiger charge is 2.31. The molecule has 3 N–H and O–H groups in total. The standard InChI is InChI=1S/C13H20N4O2/c1-13(2)7-4-8-16(9-13)11-6-3-5-10(15-14)12(11)17(18)19/h3,5-6,15H,4,7-9,14H2,1-2H3. The van der Waals surface area contributed by atoms with Crippen LogP contribution in [0.15, 0.2) is 18.2 Å². The lowest BCUT2D eigenvalue weighted by Gasteiger charge is -2.39. The third-order valence-corrected chi connectivity index (χ3v) is 3.59. The van der Waals surface area contributed by atoms with Gasteiger partial charge in [0.25, 0.3) is 0 Å². The highest BCUT2D eigenvalue weighted by Crippen LogP contribution is 2.39. The van der Waals surface area contributed by atoms with Gasteiger partial charge in [-0.05, 0) is 30.4 Å². The Labute approximate surface area is 112 Å². The molecule has 1 aliphatic heterocycles. The lowest BCUT2D eigenvalue weighted by Crippen LogP contribution is -2.40. The van der Waals surface area contributed by atoms with Crippen molar-refractivity contribution in [2.24, 2.45) is 11.3 Å². The number of nitrogen functional groups attached to an aromatic ring is 1. The SMILES string of the molecule is CC1(C)CCCN(c2cccc(NN)c2[N+](=O)[O-])C1. The van der Waals surface area contributed by atoms with Crippen LogP contribution in [0.5, 0.6) is 0 Å². The monoisotopic (exact) mass is 264 g/mol. The summed E-state index contributed by atoms with van der Waals surface area (Å²) in [7, 11) is 0. The minimum Gasteiger partial charge on any atom is -0.365 e. The molecule has 0 bridgehead atoms. The number of benzene rings is 1. The van der Waals surface area contributed by atoms with E-state index in [4.69, 9.17) is 5.84 Å². The summed E-state index contributed by atoms with van der Waals surface area (Å²) in [6.45, 7) is 6.05. The van der Waals surface area contributed by atoms with Gasteiger partial charge in [-0.15, -0.1) is 0 Å². The van der Waals surface area contributed by atoms with Crippen molar-refractivity contribution < 1.29 is 4.92 Å². The number of anilines is 2. The summed E-state index contributed by atoms with van der Waals surface area (Å²) >= 11 is 0. The fourth-order valence-electron chi connectivity index (χ4n) is 2.72. The number of nitro benzene ring substituents is 1. The summed E-state index contributed by atoms with van der Waals surface area (Å²) in [6, 6.07) is 5.20. The van der Waals surface area contributed by atoms with E-state index in [-0.39, 0.29) is 16.0 Å². The van der Waals surface area contributed by atoms with E-state index in [0.29, 0.717) is 11.4 Å². The topological polar surface area (TPSA) is 84.4 Å². The molecule has 104 valence electrons. The molecule has 0 spiro atoms. The molecular formula is C13H20N4O2. The number of nitrogens with one attached hydrogen (secondary N) is 1. The molecule has 1 aliphatic rings. The zero-order valence-corrected chi connectivity index (χ0v) is 11.3. The number of hydrogen-bond donors (Lipinski definition) is 2. The van der Waals surface area contributed by atoms with Crippen LogP contribution in [0.25, 0.3) is 0 Å². The zero-order chi connectivity index (χ0) is 14.0. The van der Waals surface area contributed by atoms with E-state index in [9.17, 15) is 10.1 Å². The molecule has 0 radical (unpaired) electrons. The average Bonchev–Trinajstić information content (AvgIpc) is 2.36. The van der Waals surface area contributed by atoms with E-state index < -0.39 is 0 Å². The van der Waals surface area contributed by atoms with Crippen LogP contribution < -0.4 is 16.2 Å². The van der Waals surface area contributed by atoms with Gasteiger partial charge in [0, 0.05) is 13.1 Å². The molecule has 2 rings (SSSR count). The van der Waals surface area contributed by atoms with E-state index >= 15 is 0 Å². The molecule has 19 heavy (non-hydrogen) atoms. The second kappa shape index (κ2) is 5.05. The van der Waals surface area contributed by atoms with Crippen LogP contribution in [0, 0.1) is 15.5 Å². The van der Waals surface area contributed by atoms with Crippen LogP contribution in [-0.4, -0.2) is 18.0 Å². The minimum absolute atomic E-state index is 0.0581. The van der Waals surface area contributed by atoms with Gasteiger partial charge in [-0.3, -0.25) is 16.0 Å². The first-order chi connectivity index (χ1) is 8.94. The average molecular weight is 264 g/mol. The molecule has 0 unspecified atom stereocenters. The van der Waals surface area contributed by atoms with Crippen LogP contribution in [-0.2, 0) is 0 Å². The maximum Gasteiger partial charge on any atom is 0.316 e. The summed E-state index contributed by atoms with van der Waals surface area (Å²) in [5, 5.41) is 11.3. The highest BCUT2D eigenvalue weighted by atomic mass is 16.6. The van der Waals surface area contributed by atoms with Gasteiger partial charge in [0.05, 0.1) is 4.92 Å². The van der Waals surface area contributed by atoms with Crippen LogP contribution in [0.4, 0.5) is 17.1 Å². The van der Waals surface area contributed by atoms with Crippen LogP contribution in [0.3, 0.4) is 0 Å². The van der Waals surface area contributed by atoms with Gasteiger partial charge >= 0.3 is 5.69 Å². The van der Waals surface area contributed by atoms with Crippen molar-refractivity contribution in [2.45, 2.75) is 26.7 Å². The van der Waals surface area contributed by atoms with E-state index in [0.717, 1.165) is 25.9 Å². The summed E-state index contributed by atoms with van der Waals surface area (Å²) < 4.78 is 0. The molecule has 0 saturated carbocycles. The number of nitrogens with zero attached hydrogens (tertiary/aromatic N) is 2. The molecule has 0 aromatic heterocycles. The molecule has 6 nitrogen and oxygen atoms in total. The maximum absolute atomic E-state index is 11.3. The molecule has 1 aromatic rings. The first-order valence-electron chi connectivity index (χ1n) is 6.43. The Morgan fingerprint density at radius 2 is 2.21 bits per heavy atom. The van der Waals surface area contributed by atoms with Gasteiger partial charge in [-0.1, -0.05) is 19.9 Å². The lowest BCUT2D eigenvalue weighted by molar-refractivity contribution is -0.383. The first kappa shape index (κ1) is 13.6. The van der Waals surface area contributed by atoms with Gasteiger partial charge < -0.3 is 10.3 Å². The van der Waals surface area contributed by atoms with E-state index in [2.05, 4.69) is 24.2 Å². The molecule has 0 aliphatic carbocycles. The summed E-state index contributed by atoms with van der Waals surface area (Å²) in [6.07, 6.45) is 2.19. The van der Waals surface area contributed by atoms with Gasteiger partial charge in [-0.2, -0.15) is 0 Å². The highest BCUT2D eigenvalue weighted by molar-refractivity contribution is 5.76. The molecule has 1 aromatic carbocycles. The quantitative estimate of drug-likeness (QED) is 0.498. The normalized spacial score (nSPS) is 18.2. The van der Waals surface area contributed by atoms with E-state index in [1.807, 2.05) is 0 Å². The number of piperidine rings is 1. The van der Waals surface area contributed by atoms with E-state index in [1.54, 1.807) is 18.2 Å². The van der Waals surface area contributed by atoms with Crippen molar-refractivity contribution in [3.05, 3.63) is 28.3 Å². The van der Waals surface area contributed by atoms with Gasteiger partial charge in [0.1, 0.15) is 11.4 Å². The number of hydrazine groups is 1. The molecule has 1 heterocycles. The predicted molar refractivity (Wildman–Crippen MR) is 76.1 cm³/mol. The molecule has 0 atom stereocenters. The molecular weight excluding hydrogens is 244 g/mol. The van der Waals surface area contributed by atoms with E-state index in [1.165, 1.54) is 0 Å². The number of nitrogens with two attached hydrogens (primary N) is 1. The second-order valence-electron chi connectivity index (χ2n) is 5.76. The summed E-state index contributed by atoms with van der Waals surface area (Å²) in [4.78, 5) is 13.0. The largest absolute Gasteiger partial charge is 0.365 e. The summed E-state index contributed by atoms with van der Waals surface area (Å²) in [5.74, 6) is 5.37. The fraction of sp³-hybridized carbons (Fsp3) is 0.538. The number of rotatable bonds is 3. The maximum atomic E-state index is 11.3. The molecule has 6 heteroatoms. The Morgan fingerprint density at radius 1 is 1.47 bits per heavy atom. The van der Waals surface area contributed by atoms with Gasteiger partial charge in [0.2, 0.25) is 0 Å². The Morgan fingerprint density at radius 3 is 2.79 bits per heavy atom. The molecule has 1 fully saturated rings. The van der Waals surface area contributed by atoms with Gasteiger partial charge in [0.15, 0.2) is 0 Å². The third-order valence-electron chi connectivity index (χ3n) is 3.59. The summed E-state index contributed by atoms with van der Waals surface area (Å²) in [5.41, 5.74) is 3.64. The van der Waals surface area contributed by atoms with Crippen LogP contribution in [0.1, 0.15) is 26.7 Å². The predicted octanol–water partition coefficient (Wildman–Crippen LogP) is 2.51. The third kappa shape index (κ3) is 2.78. The zero-order valence-electron chi connectivity index (χ0n) is 11.3. The van der Waals surface area contributed by atoms with Gasteiger partial charge in [-0.25, -0.2) is 0 Å². The number of nitro groups is 1. The Bertz CT molecular complexity index is 488.